The predicted octanol–water partition coefficient (Wildman–Crippen LogP) is -0.159. The zero-order valence-electron chi connectivity index (χ0n) is 10.2. The summed E-state index contributed by atoms with van der Waals surface area (Å²) in [6, 6.07) is 0. The molecule has 6 nitrogen and oxygen atoms in total. The maximum atomic E-state index is 11.3. The van der Waals surface area contributed by atoms with E-state index in [9.17, 15) is 9.59 Å². The molecule has 1 amide bonds. The van der Waals surface area contributed by atoms with Crippen molar-refractivity contribution in [2.24, 2.45) is 5.73 Å². The van der Waals surface area contributed by atoms with Gasteiger partial charge in [-0.3, -0.25) is 9.59 Å². The van der Waals surface area contributed by atoms with Crippen molar-refractivity contribution in [1.29, 1.82) is 0 Å². The zero-order chi connectivity index (χ0) is 12.4. The Hall–Kier alpha value is -0.850. The Bertz CT molecular complexity index is 222. The molecule has 1 atom stereocenters. The van der Waals surface area contributed by atoms with E-state index in [0.29, 0.717) is 25.9 Å². The van der Waals surface area contributed by atoms with Gasteiger partial charge < -0.3 is 20.5 Å². The maximum absolute atomic E-state index is 11.3. The summed E-state index contributed by atoms with van der Waals surface area (Å²) in [4.78, 5) is 22.1. The third-order valence-electron chi connectivity index (χ3n) is 2.12. The number of rotatable bonds is 8. The molecule has 0 aromatic heterocycles. The van der Waals surface area contributed by atoms with E-state index in [1.165, 1.54) is 14.2 Å². The van der Waals surface area contributed by atoms with E-state index < -0.39 is 0 Å². The van der Waals surface area contributed by atoms with Crippen LogP contribution >= 0.6 is 12.4 Å². The summed E-state index contributed by atoms with van der Waals surface area (Å²) in [6.45, 7) is 0.765. The van der Waals surface area contributed by atoms with Gasteiger partial charge in [0, 0.05) is 26.6 Å². The second-order valence-electron chi connectivity index (χ2n) is 3.33. The van der Waals surface area contributed by atoms with Crippen LogP contribution in [-0.4, -0.2) is 45.3 Å². The molecule has 0 aliphatic rings. The number of carbonyl (C=O) groups excluding carboxylic acids is 2. The van der Waals surface area contributed by atoms with Gasteiger partial charge >= 0.3 is 5.97 Å². The van der Waals surface area contributed by atoms with Gasteiger partial charge in [-0.1, -0.05) is 0 Å². The first-order valence-corrected chi connectivity index (χ1v) is 5.20. The second kappa shape index (κ2) is 11.6. The summed E-state index contributed by atoms with van der Waals surface area (Å²) in [5.41, 5.74) is 5.38. The number of ether oxygens (including phenoxy) is 2. The van der Waals surface area contributed by atoms with Crippen LogP contribution < -0.4 is 11.1 Å². The molecule has 0 aromatic carbocycles. The Morgan fingerprint density at radius 3 is 2.47 bits per heavy atom. The Morgan fingerprint density at radius 2 is 2.00 bits per heavy atom. The number of amides is 1. The first kappa shape index (κ1) is 18.5. The number of carbonyl (C=O) groups is 2. The molecule has 0 radical (unpaired) electrons. The highest BCUT2D eigenvalue weighted by atomic mass is 35.5. The first-order valence-electron chi connectivity index (χ1n) is 5.20. The molecule has 3 N–H and O–H groups in total. The Labute approximate surface area is 108 Å². The Balaban J connectivity index is 0. The lowest BCUT2D eigenvalue weighted by molar-refractivity contribution is -0.140. The highest BCUT2D eigenvalue weighted by Crippen LogP contribution is 1.95. The van der Waals surface area contributed by atoms with E-state index in [2.05, 4.69) is 10.1 Å². The molecule has 0 aromatic rings. The summed E-state index contributed by atoms with van der Waals surface area (Å²) in [5.74, 6) is -0.395. The second-order valence-corrected chi connectivity index (χ2v) is 3.33. The van der Waals surface area contributed by atoms with Crippen LogP contribution in [0.1, 0.15) is 19.3 Å². The average Bonchev–Trinajstić information content (AvgIpc) is 2.31. The zero-order valence-corrected chi connectivity index (χ0v) is 11.0. The lowest BCUT2D eigenvalue weighted by Gasteiger charge is -2.12. The van der Waals surface area contributed by atoms with Crippen LogP contribution in [0.3, 0.4) is 0 Å². The van der Waals surface area contributed by atoms with Gasteiger partial charge in [0.1, 0.15) is 0 Å². The molecule has 1 unspecified atom stereocenters. The molecule has 0 saturated carbocycles. The van der Waals surface area contributed by atoms with Crippen LogP contribution in [0.5, 0.6) is 0 Å². The SMILES string of the molecule is COC(=O)CCCNC(=O)CC(CN)OC.Cl. The number of hydrogen-bond acceptors (Lipinski definition) is 5. The molecule has 102 valence electrons. The highest BCUT2D eigenvalue weighted by molar-refractivity contribution is 5.85. The van der Waals surface area contributed by atoms with Crippen molar-refractivity contribution >= 4 is 24.3 Å². The summed E-state index contributed by atoms with van der Waals surface area (Å²) in [7, 11) is 2.85. The molecule has 0 saturated heterocycles. The fraction of sp³-hybridized carbons (Fsp3) is 0.800. The minimum Gasteiger partial charge on any atom is -0.469 e. The quantitative estimate of drug-likeness (QED) is 0.472. The smallest absolute Gasteiger partial charge is 0.305 e. The van der Waals surface area contributed by atoms with Crippen LogP contribution in [-0.2, 0) is 19.1 Å². The van der Waals surface area contributed by atoms with Crippen molar-refractivity contribution in [1.82, 2.24) is 5.32 Å². The lowest BCUT2D eigenvalue weighted by atomic mass is 10.2. The molecule has 17 heavy (non-hydrogen) atoms. The first-order chi connectivity index (χ1) is 7.63. The number of halogens is 1. The highest BCUT2D eigenvalue weighted by Gasteiger charge is 2.10. The van der Waals surface area contributed by atoms with Crippen molar-refractivity contribution in [3.8, 4) is 0 Å². The molecule has 0 bridgehead atoms. The molecule has 0 fully saturated rings. The molecule has 0 aliphatic heterocycles. The normalized spacial score (nSPS) is 11.2. The van der Waals surface area contributed by atoms with Gasteiger partial charge in [-0.25, -0.2) is 0 Å². The van der Waals surface area contributed by atoms with Crippen LogP contribution in [0, 0.1) is 0 Å². The summed E-state index contributed by atoms with van der Waals surface area (Å²) < 4.78 is 9.44. The minimum atomic E-state index is -0.272. The van der Waals surface area contributed by atoms with Crippen molar-refractivity contribution in [3.63, 3.8) is 0 Å². The van der Waals surface area contributed by atoms with E-state index in [1.54, 1.807) is 0 Å². The molecular weight excluding hydrogens is 248 g/mol. The van der Waals surface area contributed by atoms with E-state index in [-0.39, 0.29) is 36.8 Å². The minimum absolute atomic E-state index is 0. The number of hydrogen-bond donors (Lipinski definition) is 2. The van der Waals surface area contributed by atoms with Crippen molar-refractivity contribution in [3.05, 3.63) is 0 Å². The average molecular weight is 269 g/mol. The molecule has 0 heterocycles. The van der Waals surface area contributed by atoms with E-state index in [4.69, 9.17) is 10.5 Å². The van der Waals surface area contributed by atoms with E-state index in [0.717, 1.165) is 0 Å². The molecule has 0 spiro atoms. The van der Waals surface area contributed by atoms with Gasteiger partial charge in [-0.05, 0) is 6.42 Å². The monoisotopic (exact) mass is 268 g/mol. The molecular formula is C10H21ClN2O4. The van der Waals surface area contributed by atoms with Crippen LogP contribution in [0.15, 0.2) is 0 Å². The van der Waals surface area contributed by atoms with Crippen molar-refractivity contribution in [2.75, 3.05) is 27.3 Å². The largest absolute Gasteiger partial charge is 0.469 e. The van der Waals surface area contributed by atoms with Gasteiger partial charge in [-0.15, -0.1) is 12.4 Å². The van der Waals surface area contributed by atoms with Gasteiger partial charge in [0.2, 0.25) is 5.91 Å². The predicted molar refractivity (Wildman–Crippen MR) is 66.0 cm³/mol. The molecule has 0 rings (SSSR count). The van der Waals surface area contributed by atoms with Gasteiger partial charge in [0.25, 0.3) is 0 Å². The number of esters is 1. The fourth-order valence-electron chi connectivity index (χ4n) is 1.10. The van der Waals surface area contributed by atoms with E-state index in [1.807, 2.05) is 0 Å². The van der Waals surface area contributed by atoms with Crippen LogP contribution in [0.2, 0.25) is 0 Å². The van der Waals surface area contributed by atoms with Crippen LogP contribution in [0.4, 0.5) is 0 Å². The summed E-state index contributed by atoms with van der Waals surface area (Å²) in [6.07, 6.45) is 0.867. The maximum Gasteiger partial charge on any atom is 0.305 e. The standard InChI is InChI=1S/C10H20N2O4.ClH/c1-15-8(7-11)6-9(13)12-5-3-4-10(14)16-2;/h8H,3-7,11H2,1-2H3,(H,12,13);1H. The topological polar surface area (TPSA) is 90.7 Å². The van der Waals surface area contributed by atoms with Crippen LogP contribution in [0.25, 0.3) is 0 Å². The Morgan fingerprint density at radius 1 is 1.35 bits per heavy atom. The van der Waals surface area contributed by atoms with Gasteiger partial charge in [0.15, 0.2) is 0 Å². The number of methoxy groups -OCH3 is 2. The third kappa shape index (κ3) is 10.0. The van der Waals surface area contributed by atoms with Gasteiger partial charge in [-0.2, -0.15) is 0 Å². The Kier molecular flexibility index (Phi) is 12.7. The third-order valence-corrected chi connectivity index (χ3v) is 2.12. The summed E-state index contributed by atoms with van der Waals surface area (Å²) >= 11 is 0. The van der Waals surface area contributed by atoms with E-state index >= 15 is 0 Å². The van der Waals surface area contributed by atoms with Crippen molar-refractivity contribution in [2.45, 2.75) is 25.4 Å². The lowest BCUT2D eigenvalue weighted by Crippen LogP contribution is -2.32. The molecule has 0 aliphatic carbocycles. The van der Waals surface area contributed by atoms with Gasteiger partial charge in [0.05, 0.1) is 19.6 Å². The number of nitrogens with one attached hydrogen (secondary N) is 1. The number of nitrogens with two attached hydrogens (primary N) is 1. The summed E-state index contributed by atoms with van der Waals surface area (Å²) in [5, 5.41) is 2.68. The molecule has 7 heteroatoms. The fourth-order valence-corrected chi connectivity index (χ4v) is 1.10. The van der Waals surface area contributed by atoms with Crippen molar-refractivity contribution < 1.29 is 19.1 Å².